The van der Waals surface area contributed by atoms with Crippen molar-refractivity contribution in [1.82, 2.24) is 0 Å². The first-order chi connectivity index (χ1) is 10.9. The molecule has 5 nitrogen and oxygen atoms in total. The fourth-order valence-electron chi connectivity index (χ4n) is 2.11. The summed E-state index contributed by atoms with van der Waals surface area (Å²) in [4.78, 5) is 23.2. The minimum atomic E-state index is -4.38. The number of rotatable bonds is 8. The van der Waals surface area contributed by atoms with Crippen LogP contribution in [0.3, 0.4) is 0 Å². The Labute approximate surface area is 143 Å². The molecule has 0 aliphatic rings. The SMILES string of the molecule is CCCC/C=[CH]/[Pb]([O]C(C)=O)([O]C(C)=O)[c]1ccc(OC)cc1. The monoisotopic (exact) mass is 516 g/mol. The zero-order chi connectivity index (χ0) is 17.3. The Kier molecular flexibility index (Phi) is 8.29. The van der Waals surface area contributed by atoms with Gasteiger partial charge in [-0.25, -0.2) is 0 Å². The Morgan fingerprint density at radius 1 is 1.09 bits per heavy atom. The van der Waals surface area contributed by atoms with Gasteiger partial charge in [0.1, 0.15) is 0 Å². The van der Waals surface area contributed by atoms with Gasteiger partial charge >= 0.3 is 144 Å². The number of carbonyl (C=O) groups excluding carboxylic acids is 2. The van der Waals surface area contributed by atoms with Crippen LogP contribution in [0.15, 0.2) is 34.0 Å². The molecule has 126 valence electrons. The molecule has 0 amide bonds. The fourth-order valence-corrected chi connectivity index (χ4v) is 12.1. The van der Waals surface area contributed by atoms with E-state index < -0.39 is 34.0 Å². The topological polar surface area (TPSA) is 61.8 Å². The van der Waals surface area contributed by atoms with Gasteiger partial charge in [0.2, 0.25) is 0 Å². The summed E-state index contributed by atoms with van der Waals surface area (Å²) in [7, 11) is 1.58. The molecule has 0 saturated heterocycles. The molecule has 0 aliphatic carbocycles. The number of unbranched alkanes of at least 4 members (excludes halogenated alkanes) is 2. The van der Waals surface area contributed by atoms with Crippen LogP contribution in [0.4, 0.5) is 0 Å². The van der Waals surface area contributed by atoms with E-state index in [0.29, 0.717) is 5.75 Å². The average Bonchev–Trinajstić information content (AvgIpc) is 2.50. The molecule has 0 heterocycles. The number of hydrogen-bond donors (Lipinski definition) is 0. The Morgan fingerprint density at radius 3 is 2.09 bits per heavy atom. The van der Waals surface area contributed by atoms with Gasteiger partial charge in [0.25, 0.3) is 0 Å². The van der Waals surface area contributed by atoms with Gasteiger partial charge in [0.05, 0.1) is 0 Å². The number of ether oxygens (including phenoxy) is 1. The maximum absolute atomic E-state index is 11.6. The summed E-state index contributed by atoms with van der Waals surface area (Å²) < 4.78 is 19.0. The number of benzene rings is 1. The van der Waals surface area contributed by atoms with Crippen LogP contribution >= 0.6 is 0 Å². The van der Waals surface area contributed by atoms with Crippen molar-refractivity contribution < 1.29 is 19.7 Å². The first-order valence-electron chi connectivity index (χ1n) is 7.65. The molecule has 6 heteroatoms. The molecule has 0 fully saturated rings. The van der Waals surface area contributed by atoms with E-state index in [1.807, 2.05) is 9.71 Å². The molecule has 0 aliphatic heterocycles. The second-order valence-electron chi connectivity index (χ2n) is 5.13. The molecule has 0 spiro atoms. The molecule has 23 heavy (non-hydrogen) atoms. The second-order valence-corrected chi connectivity index (χ2v) is 15.4. The molecule has 0 radical (unpaired) electrons. The summed E-state index contributed by atoms with van der Waals surface area (Å²) in [5.41, 5.74) is 0. The maximum atomic E-state index is 11.6. The zero-order valence-electron chi connectivity index (χ0n) is 14.1. The van der Waals surface area contributed by atoms with Crippen LogP contribution in [-0.4, -0.2) is 41.1 Å². The molecule has 0 N–H and O–H groups in total. The van der Waals surface area contributed by atoms with Crippen molar-refractivity contribution in [3.8, 4) is 5.75 Å². The van der Waals surface area contributed by atoms with Crippen LogP contribution in [0.1, 0.15) is 40.0 Å². The summed E-state index contributed by atoms with van der Waals surface area (Å²) in [6.07, 6.45) is 4.92. The standard InChI is InChI=1S/C7H7O.C6H11.2C2H4O2.Pb/c1-8-7-5-3-2-4-6-7;1-3-5-6-4-2;2*1-2(3)4;/h3-6H,1H3;1,3H,4-6H2,2H3;2*1H3,(H,3,4);/q;;;;+2/p-2. The van der Waals surface area contributed by atoms with Crippen molar-refractivity contribution in [3.63, 3.8) is 0 Å². The summed E-state index contributed by atoms with van der Waals surface area (Å²) in [6, 6.07) is 7.15. The Balaban J connectivity index is 3.24. The molecule has 0 aromatic heterocycles. The van der Waals surface area contributed by atoms with E-state index in [1.165, 1.54) is 13.8 Å². The molecule has 1 aromatic carbocycles. The van der Waals surface area contributed by atoms with Gasteiger partial charge < -0.3 is 0 Å². The molecule has 0 bridgehead atoms. The van der Waals surface area contributed by atoms with Crippen molar-refractivity contribution in [2.24, 2.45) is 0 Å². The van der Waals surface area contributed by atoms with Crippen LogP contribution in [0.2, 0.25) is 0 Å². The molecule has 0 unspecified atom stereocenters. The van der Waals surface area contributed by atoms with E-state index in [2.05, 4.69) is 6.92 Å². The van der Waals surface area contributed by atoms with E-state index in [1.54, 1.807) is 31.4 Å². The Morgan fingerprint density at radius 2 is 1.65 bits per heavy atom. The molecule has 0 atom stereocenters. The van der Waals surface area contributed by atoms with Crippen molar-refractivity contribution in [2.45, 2.75) is 40.0 Å². The van der Waals surface area contributed by atoms with Crippen LogP contribution in [0, 0.1) is 0 Å². The van der Waals surface area contributed by atoms with Crippen LogP contribution in [0.5, 0.6) is 5.75 Å². The van der Waals surface area contributed by atoms with E-state index in [9.17, 15) is 9.59 Å². The summed E-state index contributed by atoms with van der Waals surface area (Å²) >= 11 is -4.38. The van der Waals surface area contributed by atoms with Gasteiger partial charge in [0.15, 0.2) is 0 Å². The molecular weight excluding hydrogens is 491 g/mol. The molecule has 1 rings (SSSR count). The first-order valence-corrected chi connectivity index (χ1v) is 15.0. The minimum absolute atomic E-state index is 0.441. The average molecular weight is 516 g/mol. The Bertz CT molecular complexity index is 535. The first kappa shape index (κ1) is 19.7. The van der Waals surface area contributed by atoms with E-state index >= 15 is 0 Å². The third-order valence-electron chi connectivity index (χ3n) is 3.14. The second kappa shape index (κ2) is 9.69. The predicted molar refractivity (Wildman–Crippen MR) is 90.6 cm³/mol. The van der Waals surface area contributed by atoms with Gasteiger partial charge in [-0.1, -0.05) is 0 Å². The predicted octanol–water partition coefficient (Wildman–Crippen LogP) is 2.76. The van der Waals surface area contributed by atoms with Gasteiger partial charge in [0, 0.05) is 0 Å². The van der Waals surface area contributed by atoms with Crippen LogP contribution in [-0.2, 0) is 15.0 Å². The van der Waals surface area contributed by atoms with E-state index in [4.69, 9.17) is 10.1 Å². The zero-order valence-corrected chi connectivity index (χ0v) is 18.0. The third-order valence-corrected chi connectivity index (χ3v) is 14.8. The van der Waals surface area contributed by atoms with Crippen LogP contribution < -0.4 is 7.86 Å². The van der Waals surface area contributed by atoms with Gasteiger partial charge in [-0.15, -0.1) is 0 Å². The molecule has 0 saturated carbocycles. The van der Waals surface area contributed by atoms with Crippen molar-refractivity contribution in [3.05, 3.63) is 34.0 Å². The fraction of sp³-hybridized carbons (Fsp3) is 0.412. The van der Waals surface area contributed by atoms with Crippen molar-refractivity contribution in [1.29, 1.82) is 0 Å². The number of allylic oxidation sites excluding steroid dienone is 1. The van der Waals surface area contributed by atoms with E-state index in [0.717, 1.165) is 22.4 Å². The van der Waals surface area contributed by atoms with Crippen molar-refractivity contribution >= 4 is 37.1 Å². The van der Waals surface area contributed by atoms with Crippen LogP contribution in [0.25, 0.3) is 0 Å². The molecule has 1 aromatic rings. The van der Waals surface area contributed by atoms with Gasteiger partial charge in [-0.2, -0.15) is 0 Å². The third kappa shape index (κ3) is 6.33. The summed E-state index contributed by atoms with van der Waals surface area (Å²) in [5.74, 6) is -0.190. The summed E-state index contributed by atoms with van der Waals surface area (Å²) in [5, 5.41) is 0. The molecular formula is C17H24O5Pb. The Hall–Kier alpha value is -1.38. The number of carbonyl (C=O) groups is 2. The van der Waals surface area contributed by atoms with Crippen molar-refractivity contribution in [2.75, 3.05) is 7.11 Å². The summed E-state index contributed by atoms with van der Waals surface area (Å²) in [6.45, 7) is 4.77. The number of hydrogen-bond acceptors (Lipinski definition) is 5. The van der Waals surface area contributed by atoms with E-state index in [-0.39, 0.29) is 0 Å². The van der Waals surface area contributed by atoms with Gasteiger partial charge in [-0.05, 0) is 0 Å². The quantitative estimate of drug-likeness (QED) is 0.394. The van der Waals surface area contributed by atoms with Gasteiger partial charge in [-0.3, -0.25) is 0 Å². The number of methoxy groups -OCH3 is 1. The normalized spacial score (nSPS) is 11.3.